The minimum atomic E-state index is -0.385. The second kappa shape index (κ2) is 8.00. The van der Waals surface area contributed by atoms with Crippen molar-refractivity contribution in [2.75, 3.05) is 13.6 Å². The predicted octanol–water partition coefficient (Wildman–Crippen LogP) is 2.56. The molecule has 1 rings (SSSR count). The molecule has 21 heavy (non-hydrogen) atoms. The molecular weight excluding hydrogens is 268 g/mol. The summed E-state index contributed by atoms with van der Waals surface area (Å²) in [5.41, 5.74) is 0.843. The van der Waals surface area contributed by atoms with E-state index in [-0.39, 0.29) is 17.6 Å². The molecule has 0 heterocycles. The molecule has 1 atom stereocenters. The van der Waals surface area contributed by atoms with Gasteiger partial charge in [-0.25, -0.2) is 9.86 Å². The van der Waals surface area contributed by atoms with Crippen molar-refractivity contribution in [1.29, 1.82) is 0 Å². The summed E-state index contributed by atoms with van der Waals surface area (Å²) in [6.45, 7) is 6.59. The van der Waals surface area contributed by atoms with Crippen molar-refractivity contribution in [3.8, 4) is 0 Å². The van der Waals surface area contributed by atoms with Crippen LogP contribution in [0.2, 0.25) is 0 Å². The van der Waals surface area contributed by atoms with Crippen molar-refractivity contribution in [3.05, 3.63) is 35.9 Å². The Kier molecular flexibility index (Phi) is 6.65. The summed E-state index contributed by atoms with van der Waals surface area (Å²) in [6.07, 6.45) is 0.242. The number of urea groups is 1. The summed E-state index contributed by atoms with van der Waals surface area (Å²) in [5.74, 6) is 0. The molecule has 0 bridgehead atoms. The van der Waals surface area contributed by atoms with Crippen LogP contribution in [0.15, 0.2) is 30.3 Å². The van der Waals surface area contributed by atoms with E-state index in [2.05, 4.69) is 5.32 Å². The van der Waals surface area contributed by atoms with Crippen LogP contribution in [0.3, 0.4) is 0 Å². The normalized spacial score (nSPS) is 12.8. The maximum atomic E-state index is 11.9. The van der Waals surface area contributed by atoms with Crippen LogP contribution in [0.5, 0.6) is 0 Å². The molecular formula is C16H26N2O3. The molecule has 0 aromatic heterocycles. The van der Waals surface area contributed by atoms with Gasteiger partial charge in [0.25, 0.3) is 0 Å². The van der Waals surface area contributed by atoms with Crippen molar-refractivity contribution in [2.45, 2.75) is 39.9 Å². The lowest BCUT2D eigenvalue weighted by Gasteiger charge is -2.27. The summed E-state index contributed by atoms with van der Waals surface area (Å²) in [6, 6.07) is 9.39. The average Bonchev–Trinajstić information content (AvgIpc) is 2.42. The third-order valence-electron chi connectivity index (χ3n) is 3.12. The van der Waals surface area contributed by atoms with Crippen LogP contribution in [0.4, 0.5) is 4.79 Å². The van der Waals surface area contributed by atoms with E-state index < -0.39 is 0 Å². The predicted molar refractivity (Wildman–Crippen MR) is 82.5 cm³/mol. The first-order valence-electron chi connectivity index (χ1n) is 7.16. The van der Waals surface area contributed by atoms with Crippen molar-refractivity contribution in [3.63, 3.8) is 0 Å². The van der Waals surface area contributed by atoms with Gasteiger partial charge in [-0.1, -0.05) is 44.2 Å². The number of aliphatic hydroxyl groups excluding tert-OH is 1. The van der Waals surface area contributed by atoms with E-state index in [1.165, 1.54) is 5.06 Å². The molecule has 5 heteroatoms. The fourth-order valence-corrected chi connectivity index (χ4v) is 2.10. The Hall–Kier alpha value is -1.59. The number of amides is 2. The lowest BCUT2D eigenvalue weighted by Crippen LogP contribution is -2.42. The van der Waals surface area contributed by atoms with Crippen molar-refractivity contribution in [1.82, 2.24) is 10.4 Å². The molecule has 0 saturated carbocycles. The smallest absolute Gasteiger partial charge is 0.341 e. The largest absolute Gasteiger partial charge is 0.393 e. The van der Waals surface area contributed by atoms with Gasteiger partial charge in [-0.05, 0) is 24.3 Å². The Balaban J connectivity index is 2.34. The van der Waals surface area contributed by atoms with Crippen LogP contribution >= 0.6 is 0 Å². The number of benzene rings is 1. The van der Waals surface area contributed by atoms with Crippen LogP contribution in [0.1, 0.15) is 32.8 Å². The number of nitrogens with zero attached hydrogens (tertiary/aromatic N) is 1. The number of hydrogen-bond donors (Lipinski definition) is 2. The molecule has 0 spiro atoms. The van der Waals surface area contributed by atoms with E-state index in [0.717, 1.165) is 5.56 Å². The average molecular weight is 294 g/mol. The fraction of sp³-hybridized carbons (Fsp3) is 0.562. The van der Waals surface area contributed by atoms with Gasteiger partial charge in [-0.15, -0.1) is 0 Å². The van der Waals surface area contributed by atoms with E-state index >= 15 is 0 Å². The van der Waals surface area contributed by atoms with Crippen LogP contribution in [-0.4, -0.2) is 35.9 Å². The molecule has 0 fully saturated rings. The highest BCUT2D eigenvalue weighted by Gasteiger charge is 2.22. The monoisotopic (exact) mass is 294 g/mol. The highest BCUT2D eigenvalue weighted by atomic mass is 16.7. The molecule has 0 radical (unpaired) electrons. The van der Waals surface area contributed by atoms with Gasteiger partial charge in [-0.2, -0.15) is 0 Å². The van der Waals surface area contributed by atoms with Gasteiger partial charge in [-0.3, -0.25) is 4.84 Å². The zero-order valence-corrected chi connectivity index (χ0v) is 13.3. The Morgan fingerprint density at radius 1 is 1.38 bits per heavy atom. The van der Waals surface area contributed by atoms with E-state index in [0.29, 0.717) is 19.6 Å². The van der Waals surface area contributed by atoms with E-state index in [9.17, 15) is 9.90 Å². The van der Waals surface area contributed by atoms with Gasteiger partial charge in [0.2, 0.25) is 0 Å². The topological polar surface area (TPSA) is 61.8 Å². The molecule has 0 aliphatic rings. The number of nitrogens with one attached hydrogen (secondary N) is 1. The van der Waals surface area contributed by atoms with E-state index in [4.69, 9.17) is 4.84 Å². The first-order valence-corrected chi connectivity index (χ1v) is 7.16. The molecule has 118 valence electrons. The summed E-state index contributed by atoms with van der Waals surface area (Å²) in [5, 5.41) is 13.4. The Morgan fingerprint density at radius 3 is 2.57 bits per heavy atom. The van der Waals surface area contributed by atoms with Crippen molar-refractivity contribution >= 4 is 6.03 Å². The standard InChI is InChI=1S/C16H26N2O3/c1-13(19)10-16(2,3)12-17-15(20)18(4)21-11-14-8-6-5-7-9-14/h5-9,13,19H,10-12H2,1-4H3,(H,17,20). The van der Waals surface area contributed by atoms with Gasteiger partial charge in [0.15, 0.2) is 0 Å². The zero-order valence-electron chi connectivity index (χ0n) is 13.3. The molecule has 2 amide bonds. The SMILES string of the molecule is CC(O)CC(C)(C)CNC(=O)N(C)OCc1ccccc1. The summed E-state index contributed by atoms with van der Waals surface area (Å²) in [4.78, 5) is 17.3. The van der Waals surface area contributed by atoms with Crippen molar-refractivity contribution in [2.24, 2.45) is 5.41 Å². The van der Waals surface area contributed by atoms with E-state index in [1.807, 2.05) is 44.2 Å². The van der Waals surface area contributed by atoms with E-state index in [1.54, 1.807) is 14.0 Å². The molecule has 1 aromatic rings. The summed E-state index contributed by atoms with van der Waals surface area (Å²) >= 11 is 0. The maximum Gasteiger partial charge on any atom is 0.341 e. The van der Waals surface area contributed by atoms with Crippen LogP contribution in [-0.2, 0) is 11.4 Å². The molecule has 5 nitrogen and oxygen atoms in total. The Labute approximate surface area is 126 Å². The number of rotatable bonds is 7. The zero-order chi connectivity index (χ0) is 15.9. The molecule has 2 N–H and O–H groups in total. The highest BCUT2D eigenvalue weighted by molar-refractivity contribution is 5.72. The van der Waals surface area contributed by atoms with Crippen LogP contribution < -0.4 is 5.32 Å². The van der Waals surface area contributed by atoms with Crippen molar-refractivity contribution < 1.29 is 14.7 Å². The lowest BCUT2D eigenvalue weighted by molar-refractivity contribution is -0.110. The van der Waals surface area contributed by atoms with Crippen LogP contribution in [0.25, 0.3) is 0 Å². The second-order valence-electron chi connectivity index (χ2n) is 6.13. The van der Waals surface area contributed by atoms with Gasteiger partial charge in [0, 0.05) is 13.6 Å². The first-order chi connectivity index (χ1) is 9.80. The number of carbonyl (C=O) groups excluding carboxylic acids is 1. The first kappa shape index (κ1) is 17.5. The Morgan fingerprint density at radius 2 is 2.00 bits per heavy atom. The van der Waals surface area contributed by atoms with Gasteiger partial charge >= 0.3 is 6.03 Å². The number of carbonyl (C=O) groups is 1. The van der Waals surface area contributed by atoms with Gasteiger partial charge < -0.3 is 10.4 Å². The number of aliphatic hydroxyl groups is 1. The van der Waals surface area contributed by atoms with Crippen LogP contribution in [0, 0.1) is 5.41 Å². The minimum Gasteiger partial charge on any atom is -0.393 e. The summed E-state index contributed by atoms with van der Waals surface area (Å²) in [7, 11) is 1.58. The third kappa shape index (κ3) is 7.11. The Bertz CT molecular complexity index is 432. The molecule has 0 aliphatic heterocycles. The fourth-order valence-electron chi connectivity index (χ4n) is 2.10. The lowest BCUT2D eigenvalue weighted by atomic mass is 9.87. The highest BCUT2D eigenvalue weighted by Crippen LogP contribution is 2.21. The third-order valence-corrected chi connectivity index (χ3v) is 3.12. The molecule has 1 aromatic carbocycles. The number of hydroxylamine groups is 2. The second-order valence-corrected chi connectivity index (χ2v) is 6.13. The quantitative estimate of drug-likeness (QED) is 0.760. The number of hydrogen-bond acceptors (Lipinski definition) is 3. The van der Waals surface area contributed by atoms with Gasteiger partial charge in [0.05, 0.1) is 6.10 Å². The minimum absolute atomic E-state index is 0.163. The molecule has 0 saturated heterocycles. The molecule has 1 unspecified atom stereocenters. The maximum absolute atomic E-state index is 11.9. The van der Waals surface area contributed by atoms with Gasteiger partial charge in [0.1, 0.15) is 6.61 Å². The molecule has 0 aliphatic carbocycles. The summed E-state index contributed by atoms with van der Waals surface area (Å²) < 4.78 is 0.